The predicted octanol–water partition coefficient (Wildman–Crippen LogP) is 0.787. The van der Waals surface area contributed by atoms with Gasteiger partial charge in [0.1, 0.15) is 0 Å². The van der Waals surface area contributed by atoms with Crippen LogP contribution in [0.3, 0.4) is 0 Å². The molecule has 0 aromatic rings. The SMILES string of the molecule is C=CNC(N=C)=NC1CCN(C(C)=O)CC1. The summed E-state index contributed by atoms with van der Waals surface area (Å²) >= 11 is 0. The minimum absolute atomic E-state index is 0.133. The number of aliphatic imine (C=N–C) groups is 2. The van der Waals surface area contributed by atoms with E-state index in [1.165, 1.54) is 6.20 Å². The van der Waals surface area contributed by atoms with E-state index in [0.717, 1.165) is 25.9 Å². The normalized spacial score (nSPS) is 18.1. The maximum Gasteiger partial charge on any atom is 0.221 e. The molecule has 16 heavy (non-hydrogen) atoms. The monoisotopic (exact) mass is 222 g/mol. The molecule has 1 aliphatic rings. The maximum atomic E-state index is 11.1. The summed E-state index contributed by atoms with van der Waals surface area (Å²) in [6.07, 6.45) is 3.27. The first-order valence-corrected chi connectivity index (χ1v) is 5.35. The molecule has 0 atom stereocenters. The molecule has 0 unspecified atom stereocenters. The standard InChI is InChI=1S/C11H18N4O/c1-4-13-11(12-3)14-10-5-7-15(8-6-10)9(2)16/h4,10H,1,3,5-8H2,2H3,(H,13,14). The molecule has 0 aromatic carbocycles. The van der Waals surface area contributed by atoms with Crippen molar-refractivity contribution in [3.63, 3.8) is 0 Å². The number of hydrogen-bond donors (Lipinski definition) is 1. The highest BCUT2D eigenvalue weighted by Crippen LogP contribution is 2.13. The van der Waals surface area contributed by atoms with Gasteiger partial charge in [-0.25, -0.2) is 9.98 Å². The maximum absolute atomic E-state index is 11.1. The Bertz CT molecular complexity index is 303. The van der Waals surface area contributed by atoms with Gasteiger partial charge in [-0.15, -0.1) is 0 Å². The average molecular weight is 222 g/mol. The molecule has 0 aromatic heterocycles. The van der Waals surface area contributed by atoms with E-state index in [0.29, 0.717) is 5.96 Å². The zero-order valence-corrected chi connectivity index (χ0v) is 9.65. The highest BCUT2D eigenvalue weighted by molar-refractivity contribution is 5.84. The number of nitrogens with one attached hydrogen (secondary N) is 1. The molecule has 88 valence electrons. The van der Waals surface area contributed by atoms with Crippen molar-refractivity contribution in [2.75, 3.05) is 13.1 Å². The lowest BCUT2D eigenvalue weighted by molar-refractivity contribution is -0.129. The molecule has 0 radical (unpaired) electrons. The average Bonchev–Trinajstić information content (AvgIpc) is 2.29. The van der Waals surface area contributed by atoms with Crippen molar-refractivity contribution < 1.29 is 4.79 Å². The van der Waals surface area contributed by atoms with E-state index in [-0.39, 0.29) is 11.9 Å². The Kier molecular flexibility index (Phi) is 4.69. The Morgan fingerprint density at radius 3 is 2.56 bits per heavy atom. The largest absolute Gasteiger partial charge is 0.343 e. The summed E-state index contributed by atoms with van der Waals surface area (Å²) in [4.78, 5) is 21.1. The van der Waals surface area contributed by atoms with Crippen LogP contribution in [-0.4, -0.2) is 42.6 Å². The van der Waals surface area contributed by atoms with Crippen molar-refractivity contribution in [3.05, 3.63) is 12.8 Å². The second-order valence-electron chi connectivity index (χ2n) is 3.70. The van der Waals surface area contributed by atoms with Gasteiger partial charge in [0, 0.05) is 20.0 Å². The van der Waals surface area contributed by atoms with E-state index in [9.17, 15) is 4.79 Å². The number of carbonyl (C=O) groups excluding carboxylic acids is 1. The number of piperidine rings is 1. The molecule has 0 saturated carbocycles. The third-order valence-corrected chi connectivity index (χ3v) is 2.60. The molecule has 0 aliphatic carbocycles. The van der Waals surface area contributed by atoms with Crippen LogP contribution in [0.4, 0.5) is 0 Å². The third kappa shape index (κ3) is 3.49. The Balaban J connectivity index is 2.49. The van der Waals surface area contributed by atoms with Crippen LogP contribution in [-0.2, 0) is 4.79 Å². The van der Waals surface area contributed by atoms with Crippen molar-refractivity contribution in [3.8, 4) is 0 Å². The molecule has 5 heteroatoms. The molecule has 1 saturated heterocycles. The minimum Gasteiger partial charge on any atom is -0.343 e. The van der Waals surface area contributed by atoms with Gasteiger partial charge < -0.3 is 10.2 Å². The molecule has 1 N–H and O–H groups in total. The zero-order valence-electron chi connectivity index (χ0n) is 9.65. The van der Waals surface area contributed by atoms with Crippen molar-refractivity contribution in [1.82, 2.24) is 10.2 Å². The van der Waals surface area contributed by atoms with E-state index in [1.54, 1.807) is 6.92 Å². The lowest BCUT2D eigenvalue weighted by atomic mass is 10.1. The van der Waals surface area contributed by atoms with Crippen molar-refractivity contribution in [1.29, 1.82) is 0 Å². The van der Waals surface area contributed by atoms with Crippen LogP contribution in [0, 0.1) is 0 Å². The topological polar surface area (TPSA) is 57.1 Å². The number of amides is 1. The van der Waals surface area contributed by atoms with Crippen LogP contribution in [0.2, 0.25) is 0 Å². The Morgan fingerprint density at radius 2 is 2.12 bits per heavy atom. The van der Waals surface area contributed by atoms with Gasteiger partial charge >= 0.3 is 0 Å². The van der Waals surface area contributed by atoms with E-state index >= 15 is 0 Å². The second-order valence-corrected chi connectivity index (χ2v) is 3.70. The number of likely N-dealkylation sites (tertiary alicyclic amines) is 1. The molecule has 1 amide bonds. The van der Waals surface area contributed by atoms with Crippen LogP contribution in [0.1, 0.15) is 19.8 Å². The van der Waals surface area contributed by atoms with Crippen LogP contribution in [0.15, 0.2) is 22.8 Å². The van der Waals surface area contributed by atoms with Gasteiger partial charge in [-0.1, -0.05) is 6.58 Å². The summed E-state index contributed by atoms with van der Waals surface area (Å²) in [5, 5.41) is 2.82. The van der Waals surface area contributed by atoms with Crippen LogP contribution < -0.4 is 5.32 Å². The lowest BCUT2D eigenvalue weighted by Gasteiger charge is -2.29. The Labute approximate surface area is 96.0 Å². The quantitative estimate of drug-likeness (QED) is 0.554. The molecule has 1 rings (SSSR count). The van der Waals surface area contributed by atoms with E-state index < -0.39 is 0 Å². The van der Waals surface area contributed by atoms with E-state index in [1.807, 2.05) is 4.90 Å². The van der Waals surface area contributed by atoms with Gasteiger partial charge in [0.25, 0.3) is 0 Å². The summed E-state index contributed by atoms with van der Waals surface area (Å²) in [6, 6.07) is 0.212. The lowest BCUT2D eigenvalue weighted by Crippen LogP contribution is -2.38. The Hall–Kier alpha value is -1.65. The Morgan fingerprint density at radius 1 is 1.50 bits per heavy atom. The molecule has 1 aliphatic heterocycles. The summed E-state index contributed by atoms with van der Waals surface area (Å²) in [7, 11) is 0. The van der Waals surface area contributed by atoms with Crippen molar-refractivity contribution in [2.24, 2.45) is 9.98 Å². The highest BCUT2D eigenvalue weighted by atomic mass is 16.2. The number of guanidine groups is 1. The van der Waals surface area contributed by atoms with Gasteiger partial charge in [0.05, 0.1) is 6.04 Å². The third-order valence-electron chi connectivity index (χ3n) is 2.60. The van der Waals surface area contributed by atoms with Gasteiger partial charge in [0.15, 0.2) is 0 Å². The molecule has 1 fully saturated rings. The number of nitrogens with zero attached hydrogens (tertiary/aromatic N) is 3. The van der Waals surface area contributed by atoms with E-state index in [4.69, 9.17) is 0 Å². The fraction of sp³-hybridized carbons (Fsp3) is 0.545. The minimum atomic E-state index is 0.133. The number of hydrogen-bond acceptors (Lipinski definition) is 2. The molecule has 0 spiro atoms. The molecular formula is C11H18N4O. The fourth-order valence-corrected chi connectivity index (χ4v) is 1.70. The van der Waals surface area contributed by atoms with Crippen LogP contribution in [0.5, 0.6) is 0 Å². The van der Waals surface area contributed by atoms with Crippen LogP contribution in [0.25, 0.3) is 0 Å². The summed E-state index contributed by atoms with van der Waals surface area (Å²) in [5.74, 6) is 0.630. The first kappa shape index (κ1) is 12.4. The molecule has 1 heterocycles. The summed E-state index contributed by atoms with van der Waals surface area (Å²) in [5.41, 5.74) is 0. The summed E-state index contributed by atoms with van der Waals surface area (Å²) in [6.45, 7) is 10.1. The predicted molar refractivity (Wildman–Crippen MR) is 65.6 cm³/mol. The van der Waals surface area contributed by atoms with E-state index in [2.05, 4.69) is 28.6 Å². The number of carbonyl (C=O) groups is 1. The van der Waals surface area contributed by atoms with Crippen molar-refractivity contribution in [2.45, 2.75) is 25.8 Å². The number of rotatable bonds is 2. The smallest absolute Gasteiger partial charge is 0.221 e. The van der Waals surface area contributed by atoms with Gasteiger partial charge in [-0.3, -0.25) is 4.79 Å². The van der Waals surface area contributed by atoms with Crippen molar-refractivity contribution >= 4 is 18.6 Å². The fourth-order valence-electron chi connectivity index (χ4n) is 1.70. The van der Waals surface area contributed by atoms with Gasteiger partial charge in [-0.2, -0.15) is 0 Å². The molecular weight excluding hydrogens is 204 g/mol. The van der Waals surface area contributed by atoms with Gasteiger partial charge in [-0.05, 0) is 25.8 Å². The van der Waals surface area contributed by atoms with Crippen LogP contribution >= 0.6 is 0 Å². The highest BCUT2D eigenvalue weighted by Gasteiger charge is 2.20. The first-order valence-electron chi connectivity index (χ1n) is 5.35. The second kappa shape index (κ2) is 6.05. The molecule has 5 nitrogen and oxygen atoms in total. The zero-order chi connectivity index (χ0) is 12.0. The van der Waals surface area contributed by atoms with Gasteiger partial charge in [0.2, 0.25) is 11.9 Å². The first-order chi connectivity index (χ1) is 7.67. The molecule has 0 bridgehead atoms. The summed E-state index contributed by atoms with van der Waals surface area (Å²) < 4.78 is 0.